The lowest BCUT2D eigenvalue weighted by atomic mass is 9.98. The van der Waals surface area contributed by atoms with E-state index in [4.69, 9.17) is 4.74 Å². The second-order valence-electron chi connectivity index (χ2n) is 14.4. The zero-order valence-corrected chi connectivity index (χ0v) is 31.8. The van der Waals surface area contributed by atoms with Gasteiger partial charge in [-0.2, -0.15) is 0 Å². The Morgan fingerprint density at radius 3 is 1.45 bits per heavy atom. The summed E-state index contributed by atoms with van der Waals surface area (Å²) >= 11 is 0. The summed E-state index contributed by atoms with van der Waals surface area (Å²) in [6, 6.07) is 38.3. The Morgan fingerprint density at radius 1 is 0.569 bits per heavy atom. The van der Waals surface area contributed by atoms with E-state index in [0.717, 1.165) is 43.8 Å². The number of halogens is 2. The van der Waals surface area contributed by atoms with Gasteiger partial charge in [-0.3, -0.25) is 9.97 Å². The third-order valence-corrected chi connectivity index (χ3v) is 9.09. The zero-order chi connectivity index (χ0) is 40.8. The summed E-state index contributed by atoms with van der Waals surface area (Å²) in [5.74, 6) is -2.15. The van der Waals surface area contributed by atoms with E-state index >= 15 is 0 Å². The third-order valence-electron chi connectivity index (χ3n) is 9.09. The molecule has 10 heteroatoms. The number of benzene rings is 6. The van der Waals surface area contributed by atoms with Crippen molar-refractivity contribution in [2.45, 2.75) is 26.4 Å². The third kappa shape index (κ3) is 9.14. The van der Waals surface area contributed by atoms with Crippen molar-refractivity contribution in [3.05, 3.63) is 181 Å². The first-order chi connectivity index (χ1) is 27.9. The highest BCUT2D eigenvalue weighted by Gasteiger charge is 2.22. The molecule has 0 saturated carbocycles. The molecule has 3 N–H and O–H groups in total. The van der Waals surface area contributed by atoms with E-state index < -0.39 is 17.5 Å². The van der Waals surface area contributed by atoms with Crippen molar-refractivity contribution in [1.29, 1.82) is 0 Å². The van der Waals surface area contributed by atoms with E-state index in [1.807, 2.05) is 93.8 Å². The molecule has 0 spiro atoms. The molecule has 0 aliphatic carbocycles. The molecule has 8 nitrogen and oxygen atoms in total. The molecular formula is C48H38F2N4O4. The monoisotopic (exact) mass is 772 g/mol. The van der Waals surface area contributed by atoms with Gasteiger partial charge in [0, 0.05) is 58.1 Å². The number of aromatic nitrogens is 2. The van der Waals surface area contributed by atoms with Gasteiger partial charge in [-0.05, 0) is 115 Å². The molecule has 0 aliphatic heterocycles. The molecule has 288 valence electrons. The van der Waals surface area contributed by atoms with Crippen molar-refractivity contribution >= 4 is 56.2 Å². The molecule has 2 aromatic heterocycles. The van der Waals surface area contributed by atoms with E-state index in [-0.39, 0.29) is 17.2 Å². The second-order valence-corrected chi connectivity index (χ2v) is 14.4. The highest BCUT2D eigenvalue weighted by atomic mass is 19.1. The Balaban J connectivity index is 0.000000178. The largest absolute Gasteiger partial charge is 0.478 e. The van der Waals surface area contributed by atoms with Gasteiger partial charge in [-0.15, -0.1) is 0 Å². The number of hydrogen-bond donors (Lipinski definition) is 3. The molecule has 8 rings (SSSR count). The molecule has 8 aromatic rings. The topological polar surface area (TPSA) is 113 Å². The Labute approximate surface area is 333 Å². The van der Waals surface area contributed by atoms with Gasteiger partial charge in [0.05, 0.1) is 22.5 Å². The summed E-state index contributed by atoms with van der Waals surface area (Å²) in [6.07, 6.45) is 7.19. The van der Waals surface area contributed by atoms with Gasteiger partial charge in [-0.1, -0.05) is 60.7 Å². The first-order valence-corrected chi connectivity index (χ1v) is 18.4. The standard InChI is InChI=1S/C26H23FN2O2.C22H15FN2O2/c1-26(2,3)31-25(30)22-13-8-17(14-24(22)29-20-11-9-19(27)10-12-20)23-16-28-15-18-6-4-5-7-21(18)23;23-16-6-8-17(9-7-16)25-21-11-14(5-10-19(21)22(26)27)20-13-24-12-15-3-1-2-4-18(15)20/h4-16,29H,1-3H3;1-13,25H,(H,26,27). The van der Waals surface area contributed by atoms with Crippen molar-refractivity contribution in [1.82, 2.24) is 9.97 Å². The first-order valence-electron chi connectivity index (χ1n) is 18.4. The molecular weight excluding hydrogens is 735 g/mol. The van der Waals surface area contributed by atoms with Crippen LogP contribution in [-0.4, -0.2) is 32.6 Å². The SMILES string of the molecule is CC(C)(C)OC(=O)c1ccc(-c2cncc3ccccc23)cc1Nc1ccc(F)cc1.O=C(O)c1ccc(-c2cncc3ccccc23)cc1Nc1ccc(F)cc1. The number of aromatic carboxylic acids is 1. The molecule has 0 atom stereocenters. The van der Waals surface area contributed by atoms with E-state index in [2.05, 4.69) is 20.6 Å². The predicted octanol–water partition coefficient (Wildman–Crippen LogP) is 12.2. The van der Waals surface area contributed by atoms with Crippen molar-refractivity contribution in [3.8, 4) is 22.3 Å². The van der Waals surface area contributed by atoms with Gasteiger partial charge in [0.1, 0.15) is 17.2 Å². The zero-order valence-electron chi connectivity index (χ0n) is 31.8. The summed E-state index contributed by atoms with van der Waals surface area (Å²) in [6.45, 7) is 5.48. The Hall–Kier alpha value is -7.46. The van der Waals surface area contributed by atoms with Crippen LogP contribution in [0.15, 0.2) is 158 Å². The van der Waals surface area contributed by atoms with Crippen LogP contribution in [0.2, 0.25) is 0 Å². The number of anilines is 4. The van der Waals surface area contributed by atoms with Gasteiger partial charge >= 0.3 is 11.9 Å². The van der Waals surface area contributed by atoms with Gasteiger partial charge in [0.25, 0.3) is 0 Å². The predicted molar refractivity (Wildman–Crippen MR) is 226 cm³/mol. The van der Waals surface area contributed by atoms with Crippen LogP contribution < -0.4 is 10.6 Å². The van der Waals surface area contributed by atoms with Crippen LogP contribution in [0.5, 0.6) is 0 Å². The smallest absolute Gasteiger partial charge is 0.340 e. The fourth-order valence-electron chi connectivity index (χ4n) is 6.40. The number of pyridine rings is 2. The van der Waals surface area contributed by atoms with Gasteiger partial charge in [0.2, 0.25) is 0 Å². The molecule has 0 unspecified atom stereocenters. The first kappa shape index (κ1) is 38.8. The summed E-state index contributed by atoms with van der Waals surface area (Å²) in [7, 11) is 0. The lowest BCUT2D eigenvalue weighted by Crippen LogP contribution is -2.24. The highest BCUT2D eigenvalue weighted by molar-refractivity contribution is 6.02. The summed E-state index contributed by atoms with van der Waals surface area (Å²) in [5, 5.41) is 19.9. The number of esters is 1. The van der Waals surface area contributed by atoms with Crippen molar-refractivity contribution < 1.29 is 28.2 Å². The summed E-state index contributed by atoms with van der Waals surface area (Å²) in [4.78, 5) is 33.1. The minimum Gasteiger partial charge on any atom is -0.478 e. The quantitative estimate of drug-likeness (QED) is 0.131. The van der Waals surface area contributed by atoms with Crippen LogP contribution >= 0.6 is 0 Å². The van der Waals surface area contributed by atoms with E-state index in [1.165, 1.54) is 24.3 Å². The van der Waals surface area contributed by atoms with Crippen LogP contribution in [0.25, 0.3) is 43.8 Å². The second kappa shape index (κ2) is 16.7. The van der Waals surface area contributed by atoms with Crippen LogP contribution in [0, 0.1) is 11.6 Å². The van der Waals surface area contributed by atoms with Gasteiger partial charge in [0.15, 0.2) is 0 Å². The number of rotatable bonds is 8. The number of carbonyl (C=O) groups excluding carboxylic acids is 1. The summed E-state index contributed by atoms with van der Waals surface area (Å²) < 4.78 is 32.1. The molecule has 2 heterocycles. The number of carboxylic acids is 1. The fraction of sp³-hybridized carbons (Fsp3) is 0.0833. The molecule has 0 aliphatic rings. The maximum atomic E-state index is 13.3. The van der Waals surface area contributed by atoms with E-state index in [1.54, 1.807) is 60.9 Å². The molecule has 0 bridgehead atoms. The van der Waals surface area contributed by atoms with Crippen LogP contribution in [0.3, 0.4) is 0 Å². The molecule has 0 radical (unpaired) electrons. The Bertz CT molecular complexity index is 2760. The number of carbonyl (C=O) groups is 2. The maximum absolute atomic E-state index is 13.3. The van der Waals surface area contributed by atoms with E-state index in [9.17, 15) is 23.5 Å². The average Bonchev–Trinajstić information content (AvgIpc) is 3.21. The Morgan fingerprint density at radius 2 is 1.00 bits per heavy atom. The Kier molecular flexibility index (Phi) is 11.2. The number of hydrogen-bond acceptors (Lipinski definition) is 7. The fourth-order valence-corrected chi connectivity index (χ4v) is 6.40. The van der Waals surface area contributed by atoms with E-state index in [0.29, 0.717) is 28.3 Å². The van der Waals surface area contributed by atoms with Crippen molar-refractivity contribution in [2.75, 3.05) is 10.6 Å². The maximum Gasteiger partial charge on any atom is 0.340 e. The van der Waals surface area contributed by atoms with Crippen molar-refractivity contribution in [2.24, 2.45) is 0 Å². The normalized spacial score (nSPS) is 11.1. The average molecular weight is 773 g/mol. The number of carboxylic acid groups (broad SMARTS) is 1. The molecule has 0 amide bonds. The number of fused-ring (bicyclic) bond motifs is 2. The molecule has 0 saturated heterocycles. The van der Waals surface area contributed by atoms with Crippen LogP contribution in [-0.2, 0) is 4.74 Å². The highest BCUT2D eigenvalue weighted by Crippen LogP contribution is 2.34. The summed E-state index contributed by atoms with van der Waals surface area (Å²) in [5.41, 5.74) is 5.80. The number of nitrogens with one attached hydrogen (secondary N) is 2. The lowest BCUT2D eigenvalue weighted by molar-refractivity contribution is 0.00705. The number of ether oxygens (including phenoxy) is 1. The minimum atomic E-state index is -1.04. The van der Waals surface area contributed by atoms with Gasteiger partial charge in [-0.25, -0.2) is 18.4 Å². The van der Waals surface area contributed by atoms with Gasteiger partial charge < -0.3 is 20.5 Å². The molecule has 6 aromatic carbocycles. The molecule has 58 heavy (non-hydrogen) atoms. The van der Waals surface area contributed by atoms with Crippen LogP contribution in [0.1, 0.15) is 41.5 Å². The van der Waals surface area contributed by atoms with Crippen LogP contribution in [0.4, 0.5) is 31.5 Å². The lowest BCUT2D eigenvalue weighted by Gasteiger charge is -2.21. The molecule has 0 fully saturated rings. The van der Waals surface area contributed by atoms with Crippen molar-refractivity contribution in [3.63, 3.8) is 0 Å². The number of nitrogens with zero attached hydrogens (tertiary/aromatic N) is 2. The minimum absolute atomic E-state index is 0.135.